The minimum absolute atomic E-state index is 0.218. The van der Waals surface area contributed by atoms with Crippen LogP contribution in [-0.4, -0.2) is 21.3 Å². The standard InChI is InChI=1S/C20H30N2OS/c1-6-9-22-18(8-7-10-23)21-19(14(2)3)20(22)24-17-12-15(4)11-16(5)13-17/h11-14,23H,6-10H2,1-5H3. The summed E-state index contributed by atoms with van der Waals surface area (Å²) in [6.07, 6.45) is 2.69. The monoisotopic (exact) mass is 346 g/mol. The highest BCUT2D eigenvalue weighted by Gasteiger charge is 2.20. The third-order valence-corrected chi connectivity index (χ3v) is 5.08. The third-order valence-electron chi connectivity index (χ3n) is 3.99. The summed E-state index contributed by atoms with van der Waals surface area (Å²) in [7, 11) is 0. The Labute approximate surface area is 150 Å². The van der Waals surface area contributed by atoms with Gasteiger partial charge in [-0.2, -0.15) is 0 Å². The summed E-state index contributed by atoms with van der Waals surface area (Å²) in [6, 6.07) is 6.71. The second kappa shape index (κ2) is 8.72. The molecule has 0 aliphatic rings. The van der Waals surface area contributed by atoms with E-state index in [1.807, 2.05) is 11.8 Å². The maximum atomic E-state index is 9.19. The molecule has 0 atom stereocenters. The van der Waals surface area contributed by atoms with Crippen molar-refractivity contribution in [3.63, 3.8) is 0 Å². The number of hydrogen-bond donors (Lipinski definition) is 1. The molecule has 24 heavy (non-hydrogen) atoms. The molecule has 0 aliphatic heterocycles. The lowest BCUT2D eigenvalue weighted by Gasteiger charge is -2.13. The minimum atomic E-state index is 0.218. The molecule has 1 aromatic carbocycles. The molecule has 0 unspecified atom stereocenters. The smallest absolute Gasteiger partial charge is 0.109 e. The van der Waals surface area contributed by atoms with Crippen molar-refractivity contribution < 1.29 is 5.11 Å². The van der Waals surface area contributed by atoms with Gasteiger partial charge in [0.15, 0.2) is 0 Å². The predicted molar refractivity (Wildman–Crippen MR) is 102 cm³/mol. The molecule has 0 radical (unpaired) electrons. The fraction of sp³-hybridized carbons (Fsp3) is 0.550. The van der Waals surface area contributed by atoms with E-state index < -0.39 is 0 Å². The van der Waals surface area contributed by atoms with Crippen molar-refractivity contribution in [3.8, 4) is 0 Å². The van der Waals surface area contributed by atoms with Crippen LogP contribution in [0.25, 0.3) is 0 Å². The van der Waals surface area contributed by atoms with Crippen LogP contribution in [0.4, 0.5) is 0 Å². The zero-order chi connectivity index (χ0) is 17.7. The summed E-state index contributed by atoms with van der Waals surface area (Å²) >= 11 is 1.83. The van der Waals surface area contributed by atoms with Crippen LogP contribution in [0.5, 0.6) is 0 Å². The molecule has 2 rings (SSSR count). The van der Waals surface area contributed by atoms with E-state index in [0.717, 1.165) is 31.6 Å². The molecule has 0 saturated heterocycles. The largest absolute Gasteiger partial charge is 0.396 e. The van der Waals surface area contributed by atoms with Crippen molar-refractivity contribution in [2.45, 2.75) is 76.3 Å². The number of rotatable bonds is 8. The maximum Gasteiger partial charge on any atom is 0.109 e. The Morgan fingerprint density at radius 3 is 2.38 bits per heavy atom. The molecular formula is C20H30N2OS. The van der Waals surface area contributed by atoms with Crippen LogP contribution < -0.4 is 0 Å². The van der Waals surface area contributed by atoms with Gasteiger partial charge in [0, 0.05) is 24.5 Å². The average molecular weight is 347 g/mol. The number of aromatic nitrogens is 2. The Morgan fingerprint density at radius 1 is 1.17 bits per heavy atom. The molecule has 0 amide bonds. The van der Waals surface area contributed by atoms with E-state index in [9.17, 15) is 5.11 Å². The van der Waals surface area contributed by atoms with Crippen LogP contribution in [0.1, 0.15) is 62.2 Å². The molecule has 4 heteroatoms. The van der Waals surface area contributed by atoms with E-state index >= 15 is 0 Å². The van der Waals surface area contributed by atoms with Crippen LogP contribution in [0.2, 0.25) is 0 Å². The quantitative estimate of drug-likeness (QED) is 0.722. The molecule has 1 heterocycles. The molecule has 0 bridgehead atoms. The maximum absolute atomic E-state index is 9.19. The second-order valence-corrected chi connectivity index (χ2v) is 7.84. The van der Waals surface area contributed by atoms with Crippen molar-refractivity contribution in [2.75, 3.05) is 6.61 Å². The minimum Gasteiger partial charge on any atom is -0.396 e. The van der Waals surface area contributed by atoms with Crippen molar-refractivity contribution in [1.29, 1.82) is 0 Å². The van der Waals surface area contributed by atoms with E-state index in [1.54, 1.807) is 0 Å². The van der Waals surface area contributed by atoms with Crippen molar-refractivity contribution in [3.05, 3.63) is 40.8 Å². The van der Waals surface area contributed by atoms with Gasteiger partial charge in [0.2, 0.25) is 0 Å². The van der Waals surface area contributed by atoms with Gasteiger partial charge in [-0.1, -0.05) is 38.6 Å². The van der Waals surface area contributed by atoms with Crippen LogP contribution in [0.15, 0.2) is 28.1 Å². The molecule has 0 fully saturated rings. The molecule has 0 spiro atoms. The Kier molecular flexibility index (Phi) is 6.93. The first-order chi connectivity index (χ1) is 11.5. The van der Waals surface area contributed by atoms with Crippen molar-refractivity contribution in [2.24, 2.45) is 0 Å². The Hall–Kier alpha value is -1.26. The van der Waals surface area contributed by atoms with Crippen LogP contribution in [0, 0.1) is 13.8 Å². The highest BCUT2D eigenvalue weighted by Crippen LogP contribution is 2.36. The summed E-state index contributed by atoms with van der Waals surface area (Å²) in [5.41, 5.74) is 3.77. The highest BCUT2D eigenvalue weighted by atomic mass is 32.2. The average Bonchev–Trinajstić information content (AvgIpc) is 2.83. The van der Waals surface area contributed by atoms with Gasteiger partial charge in [0.1, 0.15) is 10.9 Å². The van der Waals surface area contributed by atoms with Crippen LogP contribution in [-0.2, 0) is 13.0 Å². The fourth-order valence-corrected chi connectivity index (χ4v) is 4.38. The lowest BCUT2D eigenvalue weighted by atomic mass is 10.1. The molecular weight excluding hydrogens is 316 g/mol. The normalized spacial score (nSPS) is 11.5. The number of nitrogens with zero attached hydrogens (tertiary/aromatic N) is 2. The molecule has 3 nitrogen and oxygen atoms in total. The summed E-state index contributed by atoms with van der Waals surface area (Å²) in [5.74, 6) is 1.51. The molecule has 1 aromatic heterocycles. The van der Waals surface area contributed by atoms with Crippen molar-refractivity contribution >= 4 is 11.8 Å². The number of benzene rings is 1. The lowest BCUT2D eigenvalue weighted by molar-refractivity contribution is 0.286. The van der Waals surface area contributed by atoms with Gasteiger partial charge >= 0.3 is 0 Å². The van der Waals surface area contributed by atoms with E-state index in [1.165, 1.54) is 26.7 Å². The molecule has 1 N–H and O–H groups in total. The van der Waals surface area contributed by atoms with E-state index in [2.05, 4.69) is 57.4 Å². The van der Waals surface area contributed by atoms with Gasteiger partial charge in [0.25, 0.3) is 0 Å². The first kappa shape index (κ1) is 19.1. The zero-order valence-electron chi connectivity index (χ0n) is 15.6. The first-order valence-corrected chi connectivity index (χ1v) is 9.74. The predicted octanol–water partition coefficient (Wildman–Crippen LogP) is 5.11. The van der Waals surface area contributed by atoms with Gasteiger partial charge in [0.05, 0.1) is 5.69 Å². The lowest BCUT2D eigenvalue weighted by Crippen LogP contribution is -2.06. The first-order valence-electron chi connectivity index (χ1n) is 8.92. The molecule has 132 valence electrons. The Balaban J connectivity index is 2.46. The Morgan fingerprint density at radius 2 is 1.83 bits per heavy atom. The SMILES string of the molecule is CCCn1c(CCCO)nc(C(C)C)c1Sc1cc(C)cc(C)c1. The molecule has 0 aliphatic carbocycles. The fourth-order valence-electron chi connectivity index (χ4n) is 2.97. The summed E-state index contributed by atoms with van der Waals surface area (Å²) in [5, 5.41) is 10.5. The van der Waals surface area contributed by atoms with Crippen LogP contribution in [0.3, 0.4) is 0 Å². The number of imidazole rings is 1. The van der Waals surface area contributed by atoms with E-state index in [0.29, 0.717) is 5.92 Å². The number of aliphatic hydroxyl groups excluding tert-OH is 1. The van der Waals surface area contributed by atoms with E-state index in [-0.39, 0.29) is 6.61 Å². The van der Waals surface area contributed by atoms with Gasteiger partial charge in [-0.25, -0.2) is 4.98 Å². The number of aryl methyl sites for hydroxylation is 3. The van der Waals surface area contributed by atoms with Gasteiger partial charge in [-0.05, 0) is 55.9 Å². The highest BCUT2D eigenvalue weighted by molar-refractivity contribution is 7.99. The third kappa shape index (κ3) is 4.64. The second-order valence-electron chi connectivity index (χ2n) is 6.78. The Bertz CT molecular complexity index is 656. The van der Waals surface area contributed by atoms with Gasteiger partial charge in [-0.3, -0.25) is 0 Å². The van der Waals surface area contributed by atoms with Crippen molar-refractivity contribution in [1.82, 2.24) is 9.55 Å². The zero-order valence-corrected chi connectivity index (χ0v) is 16.4. The number of hydrogen-bond acceptors (Lipinski definition) is 3. The summed E-state index contributed by atoms with van der Waals surface area (Å²) in [4.78, 5) is 6.22. The van der Waals surface area contributed by atoms with Crippen LogP contribution >= 0.6 is 11.8 Å². The van der Waals surface area contributed by atoms with Gasteiger partial charge < -0.3 is 9.67 Å². The summed E-state index contributed by atoms with van der Waals surface area (Å²) in [6.45, 7) is 12.1. The summed E-state index contributed by atoms with van der Waals surface area (Å²) < 4.78 is 2.37. The topological polar surface area (TPSA) is 38.0 Å². The number of aliphatic hydroxyl groups is 1. The van der Waals surface area contributed by atoms with E-state index in [4.69, 9.17) is 4.98 Å². The molecule has 0 saturated carbocycles. The van der Waals surface area contributed by atoms with Gasteiger partial charge in [-0.15, -0.1) is 0 Å². The molecule has 2 aromatic rings.